The Morgan fingerprint density at radius 2 is 1.88 bits per heavy atom. The molecule has 2 aromatic heterocycles. The normalized spacial score (nSPS) is 17.1. The van der Waals surface area contributed by atoms with Crippen molar-refractivity contribution in [2.45, 2.75) is 44.9 Å². The summed E-state index contributed by atoms with van der Waals surface area (Å²) in [5.74, 6) is 1.49. The van der Waals surface area contributed by atoms with Gasteiger partial charge in [0.15, 0.2) is 0 Å². The molecule has 2 heterocycles. The summed E-state index contributed by atoms with van der Waals surface area (Å²) >= 11 is 6.07. The molecule has 0 radical (unpaired) electrons. The molecule has 2 aliphatic rings. The molecule has 0 amide bonds. The van der Waals surface area contributed by atoms with Gasteiger partial charge in [-0.05, 0) is 68.7 Å². The van der Waals surface area contributed by atoms with Crippen LogP contribution in [0.1, 0.15) is 43.4 Å². The zero-order valence-corrected chi connectivity index (χ0v) is 15.5. The second kappa shape index (κ2) is 6.58. The first-order chi connectivity index (χ1) is 12.8. The van der Waals surface area contributed by atoms with Crippen LogP contribution in [-0.4, -0.2) is 21.4 Å². The average Bonchev–Trinajstić information content (AvgIpc) is 3.00. The lowest BCUT2D eigenvalue weighted by molar-refractivity contribution is 0.174. The minimum atomic E-state index is 0.671. The van der Waals surface area contributed by atoms with Gasteiger partial charge in [0.1, 0.15) is 5.52 Å². The number of pyridine rings is 1. The van der Waals surface area contributed by atoms with E-state index >= 15 is 0 Å². The molecule has 5 heteroatoms. The molecule has 0 N–H and O–H groups in total. The predicted molar refractivity (Wildman–Crippen MR) is 103 cm³/mol. The van der Waals surface area contributed by atoms with E-state index < -0.39 is 0 Å². The van der Waals surface area contributed by atoms with Crippen LogP contribution in [0.15, 0.2) is 30.5 Å². The fourth-order valence-electron chi connectivity index (χ4n) is 3.94. The van der Waals surface area contributed by atoms with Crippen LogP contribution in [0.2, 0.25) is 5.02 Å². The van der Waals surface area contributed by atoms with Gasteiger partial charge in [0, 0.05) is 22.5 Å². The lowest BCUT2D eigenvalue weighted by Crippen LogP contribution is -2.20. The molecule has 0 bridgehead atoms. The molecular weight excluding hydrogens is 346 g/mol. The number of ether oxygens (including phenoxy) is 1. The summed E-state index contributed by atoms with van der Waals surface area (Å²) in [7, 11) is 0. The van der Waals surface area contributed by atoms with Crippen molar-refractivity contribution < 1.29 is 4.74 Å². The van der Waals surface area contributed by atoms with Crippen LogP contribution in [0, 0.1) is 5.92 Å². The topological polar surface area (TPSA) is 39.9 Å². The Labute approximate surface area is 158 Å². The largest absolute Gasteiger partial charge is 0.477 e. The Morgan fingerprint density at radius 1 is 1.08 bits per heavy atom. The number of halogens is 1. The maximum Gasteiger partial charge on any atom is 0.226 e. The molecule has 1 saturated carbocycles. The molecule has 0 spiro atoms. The zero-order chi connectivity index (χ0) is 17.5. The summed E-state index contributed by atoms with van der Waals surface area (Å²) in [6.45, 7) is 0.755. The number of aromatic nitrogens is 3. The van der Waals surface area contributed by atoms with E-state index in [1.807, 2.05) is 35.1 Å². The molecule has 5 rings (SSSR count). The fraction of sp³-hybridized carbons (Fsp3) is 0.429. The average molecular weight is 368 g/mol. The first-order valence-corrected chi connectivity index (χ1v) is 9.95. The Hall–Kier alpha value is -2.07. The molecule has 1 fully saturated rings. The highest BCUT2D eigenvalue weighted by molar-refractivity contribution is 6.30. The van der Waals surface area contributed by atoms with Crippen LogP contribution in [0.25, 0.3) is 16.6 Å². The third-order valence-corrected chi connectivity index (χ3v) is 5.96. The smallest absolute Gasteiger partial charge is 0.226 e. The van der Waals surface area contributed by atoms with E-state index in [9.17, 15) is 0 Å². The molecule has 0 atom stereocenters. The monoisotopic (exact) mass is 367 g/mol. The predicted octanol–water partition coefficient (Wildman–Crippen LogP) is 5.13. The summed E-state index contributed by atoms with van der Waals surface area (Å²) in [5.41, 5.74) is 4.53. The molecule has 4 nitrogen and oxygen atoms in total. The fourth-order valence-corrected chi connectivity index (χ4v) is 4.06. The maximum absolute atomic E-state index is 6.30. The molecule has 0 saturated heterocycles. The molecule has 134 valence electrons. The highest BCUT2D eigenvalue weighted by Crippen LogP contribution is 2.35. The van der Waals surface area contributed by atoms with Gasteiger partial charge in [-0.15, -0.1) is 0 Å². The van der Waals surface area contributed by atoms with Crippen LogP contribution >= 0.6 is 11.6 Å². The second-order valence-corrected chi connectivity index (χ2v) is 7.89. The van der Waals surface area contributed by atoms with Gasteiger partial charge in [-0.3, -0.25) is 4.98 Å². The third-order valence-electron chi connectivity index (χ3n) is 5.70. The van der Waals surface area contributed by atoms with Crippen molar-refractivity contribution >= 4 is 22.5 Å². The van der Waals surface area contributed by atoms with Crippen LogP contribution < -0.4 is 4.74 Å². The number of nitrogens with zero attached hydrogens (tertiary/aromatic N) is 3. The Kier molecular flexibility index (Phi) is 4.08. The first kappa shape index (κ1) is 16.1. The highest BCUT2D eigenvalue weighted by atomic mass is 35.5. The van der Waals surface area contributed by atoms with Gasteiger partial charge in [0.25, 0.3) is 0 Å². The minimum absolute atomic E-state index is 0.671. The van der Waals surface area contributed by atoms with Crippen LogP contribution in [0.5, 0.6) is 5.88 Å². The van der Waals surface area contributed by atoms with Gasteiger partial charge in [0.05, 0.1) is 17.7 Å². The van der Waals surface area contributed by atoms with E-state index in [-0.39, 0.29) is 0 Å². The standard InChI is InChI=1S/C21H22ClN3O/c22-15-8-10-16(11-9-15)25-21(26-13-14-4-3-5-14)18-12-23-19-7-2-1-6-17(19)20(18)24-25/h8-12,14H,1-7,13H2. The summed E-state index contributed by atoms with van der Waals surface area (Å²) in [4.78, 5) is 4.74. The number of fused-ring (bicyclic) bond motifs is 3. The number of hydrogen-bond donors (Lipinski definition) is 0. The van der Waals surface area contributed by atoms with Crippen LogP contribution in [0.3, 0.4) is 0 Å². The maximum atomic E-state index is 6.30. The Morgan fingerprint density at radius 3 is 2.65 bits per heavy atom. The van der Waals surface area contributed by atoms with Gasteiger partial charge in [-0.2, -0.15) is 9.78 Å². The van der Waals surface area contributed by atoms with Gasteiger partial charge >= 0.3 is 0 Å². The van der Waals surface area contributed by atoms with Gasteiger partial charge in [-0.1, -0.05) is 18.0 Å². The quantitative estimate of drug-likeness (QED) is 0.641. The minimum Gasteiger partial charge on any atom is -0.477 e. The van der Waals surface area contributed by atoms with Crippen molar-refractivity contribution in [2.75, 3.05) is 6.61 Å². The van der Waals surface area contributed by atoms with Crippen molar-refractivity contribution in [3.8, 4) is 11.6 Å². The van der Waals surface area contributed by atoms with Crippen molar-refractivity contribution in [1.29, 1.82) is 0 Å². The lowest BCUT2D eigenvalue weighted by Gasteiger charge is -2.25. The summed E-state index contributed by atoms with van der Waals surface area (Å²) in [6, 6.07) is 7.77. The molecule has 2 aliphatic carbocycles. The molecule has 1 aromatic carbocycles. The van der Waals surface area contributed by atoms with E-state index in [0.717, 1.165) is 46.9 Å². The molecule has 0 unspecified atom stereocenters. The lowest BCUT2D eigenvalue weighted by atomic mass is 9.86. The van der Waals surface area contributed by atoms with Gasteiger partial charge in [0.2, 0.25) is 5.88 Å². The number of aryl methyl sites for hydroxylation is 2. The number of hydrogen-bond acceptors (Lipinski definition) is 3. The van der Waals surface area contributed by atoms with Crippen molar-refractivity contribution in [3.63, 3.8) is 0 Å². The zero-order valence-electron chi connectivity index (χ0n) is 14.7. The third kappa shape index (κ3) is 2.77. The van der Waals surface area contributed by atoms with Gasteiger partial charge < -0.3 is 4.74 Å². The summed E-state index contributed by atoms with van der Waals surface area (Å²) in [5, 5.41) is 6.71. The van der Waals surface area contributed by atoms with Crippen LogP contribution in [0.4, 0.5) is 0 Å². The summed E-state index contributed by atoms with van der Waals surface area (Å²) in [6.07, 6.45) is 10.3. The Bertz CT molecular complexity index is 944. The van der Waals surface area contributed by atoms with E-state index in [1.54, 1.807) is 0 Å². The number of benzene rings is 1. The van der Waals surface area contributed by atoms with Gasteiger partial charge in [-0.25, -0.2) is 0 Å². The van der Waals surface area contributed by atoms with Crippen molar-refractivity contribution in [2.24, 2.45) is 5.92 Å². The van der Waals surface area contributed by atoms with Crippen molar-refractivity contribution in [3.05, 3.63) is 46.7 Å². The summed E-state index contributed by atoms with van der Waals surface area (Å²) < 4.78 is 8.22. The second-order valence-electron chi connectivity index (χ2n) is 7.45. The van der Waals surface area contributed by atoms with Crippen molar-refractivity contribution in [1.82, 2.24) is 14.8 Å². The van der Waals surface area contributed by atoms with E-state index in [2.05, 4.69) is 0 Å². The molecule has 3 aromatic rings. The van der Waals surface area contributed by atoms with E-state index in [1.165, 1.54) is 43.4 Å². The SMILES string of the molecule is Clc1ccc(-n2nc3c4c(ncc3c2OCC2CCC2)CCCC4)cc1. The van der Waals surface area contributed by atoms with Crippen LogP contribution in [-0.2, 0) is 12.8 Å². The highest BCUT2D eigenvalue weighted by Gasteiger charge is 2.24. The molecule has 26 heavy (non-hydrogen) atoms. The molecular formula is C21H22ClN3O. The van der Waals surface area contributed by atoms with E-state index in [4.69, 9.17) is 26.4 Å². The van der Waals surface area contributed by atoms with E-state index in [0.29, 0.717) is 5.92 Å². The molecule has 0 aliphatic heterocycles. The first-order valence-electron chi connectivity index (χ1n) is 9.58. The Balaban J connectivity index is 1.63. The number of rotatable bonds is 4.